The van der Waals surface area contributed by atoms with Crippen molar-refractivity contribution >= 4 is 5.69 Å². The summed E-state index contributed by atoms with van der Waals surface area (Å²) in [5.41, 5.74) is 7.35. The molecule has 0 saturated carbocycles. The van der Waals surface area contributed by atoms with Crippen molar-refractivity contribution in [3.8, 4) is 11.6 Å². The van der Waals surface area contributed by atoms with Crippen molar-refractivity contribution in [1.29, 1.82) is 0 Å². The molecule has 2 aromatic heterocycles. The summed E-state index contributed by atoms with van der Waals surface area (Å²) in [5, 5.41) is 0. The molecule has 0 atom stereocenters. The van der Waals surface area contributed by atoms with E-state index in [1.54, 1.807) is 24.5 Å². The van der Waals surface area contributed by atoms with E-state index < -0.39 is 0 Å². The number of ether oxygens (including phenoxy) is 1. The van der Waals surface area contributed by atoms with Gasteiger partial charge in [-0.15, -0.1) is 0 Å². The van der Waals surface area contributed by atoms with Gasteiger partial charge in [-0.1, -0.05) is 20.8 Å². The van der Waals surface area contributed by atoms with E-state index in [2.05, 4.69) is 30.7 Å². The Kier molecular flexibility index (Phi) is 3.19. The average Bonchev–Trinajstić information content (AvgIpc) is 2.31. The maximum absolute atomic E-state index is 5.64. The molecular formula is C14H17N3O. The van der Waals surface area contributed by atoms with Crippen molar-refractivity contribution in [2.24, 2.45) is 0 Å². The van der Waals surface area contributed by atoms with Gasteiger partial charge in [-0.2, -0.15) is 0 Å². The Hall–Kier alpha value is -2.10. The lowest BCUT2D eigenvalue weighted by molar-refractivity contribution is 0.457. The van der Waals surface area contributed by atoms with Gasteiger partial charge in [0, 0.05) is 12.3 Å². The molecule has 0 aromatic carbocycles. The highest BCUT2D eigenvalue weighted by Gasteiger charge is 2.14. The molecule has 0 fully saturated rings. The molecule has 4 heteroatoms. The van der Waals surface area contributed by atoms with Gasteiger partial charge < -0.3 is 10.5 Å². The molecule has 0 aliphatic carbocycles. The lowest BCUT2D eigenvalue weighted by atomic mass is 9.88. The highest BCUT2D eigenvalue weighted by Crippen LogP contribution is 2.26. The van der Waals surface area contributed by atoms with Crippen LogP contribution in [0.4, 0.5) is 5.69 Å². The molecule has 18 heavy (non-hydrogen) atoms. The normalized spacial score (nSPS) is 11.3. The second-order valence-corrected chi connectivity index (χ2v) is 5.19. The van der Waals surface area contributed by atoms with Crippen LogP contribution in [0.25, 0.3) is 0 Å². The van der Waals surface area contributed by atoms with E-state index in [4.69, 9.17) is 10.5 Å². The first-order valence-corrected chi connectivity index (χ1v) is 5.80. The van der Waals surface area contributed by atoms with Crippen LogP contribution in [-0.4, -0.2) is 9.97 Å². The summed E-state index contributed by atoms with van der Waals surface area (Å²) in [6.07, 6.45) is 5.09. The van der Waals surface area contributed by atoms with Crippen molar-refractivity contribution in [2.45, 2.75) is 26.2 Å². The number of rotatable bonds is 2. The lowest BCUT2D eigenvalue weighted by Crippen LogP contribution is -2.11. The summed E-state index contributed by atoms with van der Waals surface area (Å²) in [7, 11) is 0. The maximum atomic E-state index is 5.64. The van der Waals surface area contributed by atoms with Gasteiger partial charge in [0.1, 0.15) is 5.75 Å². The Morgan fingerprint density at radius 3 is 2.50 bits per heavy atom. The van der Waals surface area contributed by atoms with Gasteiger partial charge in [-0.3, -0.25) is 4.98 Å². The molecule has 2 rings (SSSR count). The second-order valence-electron chi connectivity index (χ2n) is 5.19. The fourth-order valence-corrected chi connectivity index (χ4v) is 1.46. The number of nitrogens with two attached hydrogens (primary N) is 1. The molecule has 2 aromatic rings. The fourth-order valence-electron chi connectivity index (χ4n) is 1.46. The van der Waals surface area contributed by atoms with Crippen LogP contribution in [0.3, 0.4) is 0 Å². The third kappa shape index (κ3) is 2.97. The van der Waals surface area contributed by atoms with E-state index in [0.29, 0.717) is 17.3 Å². The fraction of sp³-hybridized carbons (Fsp3) is 0.286. The Balaban J connectivity index is 2.22. The van der Waals surface area contributed by atoms with Crippen LogP contribution < -0.4 is 10.5 Å². The summed E-state index contributed by atoms with van der Waals surface area (Å²) in [6, 6.07) is 5.47. The summed E-state index contributed by atoms with van der Waals surface area (Å²) in [6.45, 7) is 6.40. The van der Waals surface area contributed by atoms with Crippen molar-refractivity contribution < 1.29 is 4.74 Å². The number of pyridine rings is 2. The quantitative estimate of drug-likeness (QED) is 0.880. The minimum absolute atomic E-state index is 0.0426. The van der Waals surface area contributed by atoms with E-state index in [1.807, 2.05) is 12.3 Å². The SMILES string of the molecule is CC(C)(C)c1cncc(Oc2ccc(N)cn2)c1. The van der Waals surface area contributed by atoms with Crippen molar-refractivity contribution in [1.82, 2.24) is 9.97 Å². The minimum atomic E-state index is 0.0426. The highest BCUT2D eigenvalue weighted by atomic mass is 16.5. The van der Waals surface area contributed by atoms with Crippen LogP contribution in [0.15, 0.2) is 36.8 Å². The third-order valence-electron chi connectivity index (χ3n) is 2.56. The van der Waals surface area contributed by atoms with E-state index >= 15 is 0 Å². The number of hydrogen-bond acceptors (Lipinski definition) is 4. The third-order valence-corrected chi connectivity index (χ3v) is 2.56. The Morgan fingerprint density at radius 1 is 1.11 bits per heavy atom. The standard InChI is InChI=1S/C14H17N3O/c1-14(2,3)10-6-12(9-16-7-10)18-13-5-4-11(15)8-17-13/h4-9H,15H2,1-3H3. The summed E-state index contributed by atoms with van der Waals surface area (Å²) < 4.78 is 5.64. The van der Waals surface area contributed by atoms with Crippen LogP contribution in [0.1, 0.15) is 26.3 Å². The Morgan fingerprint density at radius 2 is 1.89 bits per heavy atom. The molecular weight excluding hydrogens is 226 g/mol. The van der Waals surface area contributed by atoms with Crippen molar-refractivity contribution in [2.75, 3.05) is 5.73 Å². The van der Waals surface area contributed by atoms with E-state index in [0.717, 1.165) is 5.56 Å². The molecule has 94 valence electrons. The Bertz CT molecular complexity index is 529. The highest BCUT2D eigenvalue weighted by molar-refractivity contribution is 5.37. The number of hydrogen-bond donors (Lipinski definition) is 1. The van der Waals surface area contributed by atoms with Crippen LogP contribution in [0.5, 0.6) is 11.6 Å². The molecule has 4 nitrogen and oxygen atoms in total. The number of anilines is 1. The second kappa shape index (κ2) is 4.64. The number of nitrogen functional groups attached to an aromatic ring is 1. The van der Waals surface area contributed by atoms with Crippen LogP contribution in [-0.2, 0) is 5.41 Å². The van der Waals surface area contributed by atoms with Gasteiger partial charge in [-0.05, 0) is 23.1 Å². The maximum Gasteiger partial charge on any atom is 0.219 e. The van der Waals surface area contributed by atoms with Crippen LogP contribution in [0, 0.1) is 0 Å². The Labute approximate surface area is 107 Å². The smallest absolute Gasteiger partial charge is 0.219 e. The molecule has 0 amide bonds. The summed E-state index contributed by atoms with van der Waals surface area (Å²) in [4.78, 5) is 8.28. The zero-order valence-electron chi connectivity index (χ0n) is 10.8. The van der Waals surface area contributed by atoms with E-state index in [1.165, 1.54) is 0 Å². The van der Waals surface area contributed by atoms with E-state index in [9.17, 15) is 0 Å². The van der Waals surface area contributed by atoms with Gasteiger partial charge in [0.05, 0.1) is 18.1 Å². The number of aromatic nitrogens is 2. The van der Waals surface area contributed by atoms with Gasteiger partial charge in [0.2, 0.25) is 5.88 Å². The predicted molar refractivity (Wildman–Crippen MR) is 71.7 cm³/mol. The molecule has 0 saturated heterocycles. The molecule has 0 aliphatic rings. The van der Waals surface area contributed by atoms with Gasteiger partial charge in [0.25, 0.3) is 0 Å². The van der Waals surface area contributed by atoms with Crippen molar-refractivity contribution in [3.63, 3.8) is 0 Å². The van der Waals surface area contributed by atoms with Gasteiger partial charge >= 0.3 is 0 Å². The van der Waals surface area contributed by atoms with Crippen LogP contribution >= 0.6 is 0 Å². The first-order chi connectivity index (χ1) is 8.45. The van der Waals surface area contributed by atoms with Crippen LogP contribution in [0.2, 0.25) is 0 Å². The van der Waals surface area contributed by atoms with Crippen molar-refractivity contribution in [3.05, 3.63) is 42.4 Å². The first kappa shape index (κ1) is 12.4. The zero-order chi connectivity index (χ0) is 13.2. The topological polar surface area (TPSA) is 61.0 Å². The molecule has 0 aliphatic heterocycles. The molecule has 2 N–H and O–H groups in total. The molecule has 0 unspecified atom stereocenters. The van der Waals surface area contributed by atoms with Gasteiger partial charge in [0.15, 0.2) is 0 Å². The first-order valence-electron chi connectivity index (χ1n) is 5.80. The predicted octanol–water partition coefficient (Wildman–Crippen LogP) is 3.15. The average molecular weight is 243 g/mol. The molecule has 2 heterocycles. The summed E-state index contributed by atoms with van der Waals surface area (Å²) >= 11 is 0. The largest absolute Gasteiger partial charge is 0.437 e. The molecule has 0 bridgehead atoms. The number of nitrogens with zero attached hydrogens (tertiary/aromatic N) is 2. The van der Waals surface area contributed by atoms with Gasteiger partial charge in [-0.25, -0.2) is 4.98 Å². The lowest BCUT2D eigenvalue weighted by Gasteiger charge is -2.18. The molecule has 0 radical (unpaired) electrons. The van der Waals surface area contributed by atoms with E-state index in [-0.39, 0.29) is 5.41 Å². The minimum Gasteiger partial charge on any atom is -0.437 e. The molecule has 0 spiro atoms. The monoisotopic (exact) mass is 243 g/mol. The summed E-state index contributed by atoms with van der Waals surface area (Å²) in [5.74, 6) is 1.19. The zero-order valence-corrected chi connectivity index (χ0v) is 10.8.